The van der Waals surface area contributed by atoms with E-state index >= 15 is 0 Å². The van der Waals surface area contributed by atoms with Gasteiger partial charge >= 0.3 is 18.0 Å². The van der Waals surface area contributed by atoms with E-state index in [4.69, 9.17) is 20.0 Å². The maximum Gasteiger partial charge on any atom is 0.423 e. The zero-order chi connectivity index (χ0) is 30.8. The van der Waals surface area contributed by atoms with Gasteiger partial charge in [-0.25, -0.2) is 24.3 Å². The Bertz CT molecular complexity index is 1440. The molecule has 3 rings (SSSR count). The number of H-pyrrole nitrogens is 1. The van der Waals surface area contributed by atoms with Crippen LogP contribution in [0.5, 0.6) is 0 Å². The van der Waals surface area contributed by atoms with Crippen LogP contribution < -0.4 is 15.5 Å². The van der Waals surface area contributed by atoms with Crippen LogP contribution in [0.1, 0.15) is 63.7 Å². The number of aliphatic carboxylic acids is 1. The molecule has 42 heavy (non-hydrogen) atoms. The van der Waals surface area contributed by atoms with E-state index in [1.165, 1.54) is 12.3 Å². The second-order valence-electron chi connectivity index (χ2n) is 9.29. The number of nitrogens with zero attached hydrogens (tertiary/aromatic N) is 2. The Balaban J connectivity index is 2.03. The minimum Gasteiger partial charge on any atom is -0.478 e. The first kappa shape index (κ1) is 31.3. The molecule has 0 atom stereocenters. The van der Waals surface area contributed by atoms with Crippen LogP contribution in [0.15, 0.2) is 41.5 Å². The summed E-state index contributed by atoms with van der Waals surface area (Å²) in [4.78, 5) is 69.5. The third-order valence-corrected chi connectivity index (χ3v) is 6.10. The number of hydrogen-bond acceptors (Lipinski definition) is 8. The number of aromatic nitrogens is 1. The molecule has 2 aromatic rings. The number of aryl methyl sites for hydroxylation is 1. The number of aliphatic imine (C=N–C) groups is 1. The van der Waals surface area contributed by atoms with Crippen LogP contribution in [-0.2, 0) is 19.1 Å². The van der Waals surface area contributed by atoms with Crippen LogP contribution in [0.3, 0.4) is 0 Å². The molecule has 5 N–H and O–H groups in total. The van der Waals surface area contributed by atoms with Crippen molar-refractivity contribution in [2.75, 3.05) is 18.2 Å². The Hall–Kier alpha value is -5.27. The van der Waals surface area contributed by atoms with Gasteiger partial charge in [0, 0.05) is 36.5 Å². The van der Waals surface area contributed by atoms with Crippen molar-refractivity contribution in [1.29, 1.82) is 5.41 Å². The lowest BCUT2D eigenvalue weighted by Gasteiger charge is -2.25. The molecule has 1 aromatic carbocycles. The summed E-state index contributed by atoms with van der Waals surface area (Å²) in [6.07, 6.45) is 4.76. The highest BCUT2D eigenvalue weighted by molar-refractivity contribution is 6.24. The van der Waals surface area contributed by atoms with Crippen LogP contribution in [0.25, 0.3) is 0 Å². The molecule has 0 aliphatic heterocycles. The Labute approximate surface area is 241 Å². The smallest absolute Gasteiger partial charge is 0.423 e. The van der Waals surface area contributed by atoms with Crippen molar-refractivity contribution in [3.05, 3.63) is 64.5 Å². The number of esters is 1. The average Bonchev–Trinajstić information content (AvgIpc) is 3.69. The minimum atomic E-state index is -1.37. The number of amidine groups is 1. The number of carbonyl (C=O) groups excluding carboxylic acids is 4. The molecular weight excluding hydrogens is 548 g/mol. The Morgan fingerprint density at radius 2 is 1.88 bits per heavy atom. The molecule has 1 aromatic heterocycles. The Morgan fingerprint density at radius 1 is 1.14 bits per heavy atom. The van der Waals surface area contributed by atoms with Crippen molar-refractivity contribution in [1.82, 2.24) is 15.6 Å². The highest BCUT2D eigenvalue weighted by Crippen LogP contribution is 2.27. The summed E-state index contributed by atoms with van der Waals surface area (Å²) in [5.74, 6) is -3.27. The lowest BCUT2D eigenvalue weighted by molar-refractivity contribution is -0.146. The molecule has 0 bridgehead atoms. The number of carbonyl (C=O) groups is 5. The first-order valence-corrected chi connectivity index (χ1v) is 13.1. The largest absolute Gasteiger partial charge is 0.478 e. The number of nitrogens with one attached hydrogen (secondary N) is 4. The highest BCUT2D eigenvalue weighted by atomic mass is 16.7. The third-order valence-electron chi connectivity index (χ3n) is 6.10. The van der Waals surface area contributed by atoms with Gasteiger partial charge in [-0.15, -0.1) is 0 Å². The summed E-state index contributed by atoms with van der Waals surface area (Å²) in [6, 6.07) is 4.75. The van der Waals surface area contributed by atoms with Crippen molar-refractivity contribution in [2.24, 2.45) is 4.99 Å². The normalized spacial score (nSPS) is 12.9. The van der Waals surface area contributed by atoms with Gasteiger partial charge in [-0.05, 0) is 56.4 Å². The van der Waals surface area contributed by atoms with E-state index in [2.05, 4.69) is 20.6 Å². The van der Waals surface area contributed by atoms with E-state index in [1.54, 1.807) is 26.0 Å². The number of ether oxygens (including phenoxy) is 2. The van der Waals surface area contributed by atoms with Gasteiger partial charge in [-0.2, -0.15) is 0 Å². The van der Waals surface area contributed by atoms with Gasteiger partial charge in [0.15, 0.2) is 5.84 Å². The molecule has 14 nitrogen and oxygen atoms in total. The zero-order valence-corrected chi connectivity index (χ0v) is 23.4. The molecule has 1 heterocycles. The van der Waals surface area contributed by atoms with Gasteiger partial charge in [0.25, 0.3) is 11.8 Å². The molecule has 1 fully saturated rings. The number of amides is 3. The topological polar surface area (TPSA) is 203 Å². The lowest BCUT2D eigenvalue weighted by atomic mass is 10.1. The number of carboxylic acid groups (broad SMARTS) is 1. The SMILES string of the molecule is CCCNC(=O)c1ccc(C)c(N(C(=O)OCOC(=O)/C=C/C(=O)O)C(=NC=N)c2[nH]cc(C(=O)NC3CC3)c2C)c1. The maximum atomic E-state index is 13.5. The van der Waals surface area contributed by atoms with Crippen molar-refractivity contribution < 1.29 is 38.6 Å². The highest BCUT2D eigenvalue weighted by Gasteiger charge is 2.31. The first-order valence-electron chi connectivity index (χ1n) is 13.1. The Kier molecular flexibility index (Phi) is 10.7. The number of anilines is 1. The standard InChI is InChI=1S/C28H32N6O8/c1-4-11-30-26(38)18-6-5-16(2)21(12-18)34(28(40)42-15-41-23(37)10-9-22(35)36)25(32-14-29)24-17(3)20(13-31-24)27(39)33-19-7-8-19/h5-6,9-10,12-14,19,29,31H,4,7-8,11,15H2,1-3H3,(H,30,38)(H,33,39)(H,35,36)/b10-9+,29-14?,32-25?. The quantitative estimate of drug-likeness (QED) is 0.0828. The summed E-state index contributed by atoms with van der Waals surface area (Å²) in [6.45, 7) is 4.78. The fourth-order valence-corrected chi connectivity index (χ4v) is 3.77. The summed E-state index contributed by atoms with van der Waals surface area (Å²) >= 11 is 0. The average molecular weight is 581 g/mol. The number of benzene rings is 1. The number of carboxylic acids is 1. The molecule has 0 saturated heterocycles. The molecule has 222 valence electrons. The first-order chi connectivity index (χ1) is 20.1. The van der Waals surface area contributed by atoms with Crippen molar-refractivity contribution in [3.63, 3.8) is 0 Å². The van der Waals surface area contributed by atoms with Crippen LogP contribution >= 0.6 is 0 Å². The zero-order valence-electron chi connectivity index (χ0n) is 23.4. The molecule has 0 spiro atoms. The van der Waals surface area contributed by atoms with Crippen LogP contribution in [0.2, 0.25) is 0 Å². The predicted octanol–water partition coefficient (Wildman–Crippen LogP) is 2.80. The van der Waals surface area contributed by atoms with E-state index in [-0.39, 0.29) is 40.6 Å². The molecule has 3 amide bonds. The van der Waals surface area contributed by atoms with E-state index in [0.717, 1.165) is 17.7 Å². The molecule has 1 aliphatic rings. The monoisotopic (exact) mass is 580 g/mol. The minimum absolute atomic E-state index is 0.105. The second kappa shape index (κ2) is 14.4. The Morgan fingerprint density at radius 3 is 2.52 bits per heavy atom. The number of hydrogen-bond donors (Lipinski definition) is 5. The van der Waals surface area contributed by atoms with E-state index in [0.29, 0.717) is 48.1 Å². The van der Waals surface area contributed by atoms with Crippen molar-refractivity contribution >= 4 is 47.7 Å². The van der Waals surface area contributed by atoms with E-state index in [9.17, 15) is 24.0 Å². The van der Waals surface area contributed by atoms with E-state index in [1.807, 2.05) is 6.92 Å². The predicted molar refractivity (Wildman–Crippen MR) is 152 cm³/mol. The fraction of sp³-hybridized carbons (Fsp3) is 0.321. The van der Waals surface area contributed by atoms with E-state index < -0.39 is 24.8 Å². The molecule has 1 saturated carbocycles. The van der Waals surface area contributed by atoms with Gasteiger partial charge in [-0.3, -0.25) is 15.0 Å². The lowest BCUT2D eigenvalue weighted by Crippen LogP contribution is -2.40. The fourth-order valence-electron chi connectivity index (χ4n) is 3.77. The van der Waals surface area contributed by atoms with Crippen LogP contribution in [0.4, 0.5) is 10.5 Å². The van der Waals surface area contributed by atoms with Gasteiger partial charge in [0.2, 0.25) is 6.79 Å². The third kappa shape index (κ3) is 8.13. The number of rotatable bonds is 12. The van der Waals surface area contributed by atoms with Gasteiger partial charge in [0.05, 0.1) is 16.9 Å². The molecular formula is C28H32N6O8. The summed E-state index contributed by atoms with van der Waals surface area (Å²) in [7, 11) is 0. The summed E-state index contributed by atoms with van der Waals surface area (Å²) in [5, 5.41) is 22.0. The van der Waals surface area contributed by atoms with Gasteiger partial charge < -0.3 is 30.2 Å². The molecule has 14 heteroatoms. The van der Waals surface area contributed by atoms with Crippen LogP contribution in [-0.4, -0.2) is 71.5 Å². The number of aromatic amines is 1. The maximum absolute atomic E-state index is 13.5. The summed E-state index contributed by atoms with van der Waals surface area (Å²) in [5.41, 5.74) is 1.89. The second-order valence-corrected chi connectivity index (χ2v) is 9.29. The van der Waals surface area contributed by atoms with Crippen molar-refractivity contribution in [3.8, 4) is 0 Å². The van der Waals surface area contributed by atoms with Gasteiger partial charge in [0.1, 0.15) is 6.34 Å². The molecule has 0 unspecified atom stereocenters. The van der Waals surface area contributed by atoms with Gasteiger partial charge in [-0.1, -0.05) is 13.0 Å². The van der Waals surface area contributed by atoms with Crippen molar-refractivity contribution in [2.45, 2.75) is 46.1 Å². The molecule has 1 aliphatic carbocycles. The summed E-state index contributed by atoms with van der Waals surface area (Å²) < 4.78 is 9.94. The van der Waals surface area contributed by atoms with Crippen LogP contribution in [0, 0.1) is 19.3 Å². The molecule has 0 radical (unpaired) electrons.